The SMILES string of the molecule is Cc1nn(C)c(=O)c(C(=O)Nc2nc3c(s2)CC(C)CC3)c1C. The van der Waals surface area contributed by atoms with Gasteiger partial charge < -0.3 is 0 Å². The van der Waals surface area contributed by atoms with Crippen LogP contribution in [-0.2, 0) is 19.9 Å². The third kappa shape index (κ3) is 2.93. The molecule has 7 heteroatoms. The van der Waals surface area contributed by atoms with E-state index in [2.05, 4.69) is 22.3 Å². The van der Waals surface area contributed by atoms with E-state index >= 15 is 0 Å². The lowest BCUT2D eigenvalue weighted by atomic mass is 9.93. The first-order valence-electron chi connectivity index (χ1n) is 7.71. The van der Waals surface area contributed by atoms with Gasteiger partial charge in [-0.2, -0.15) is 5.10 Å². The standard InChI is InChI=1S/C16H20N4O2S/c1-8-5-6-11-12(7-8)23-16(17-11)18-14(21)13-9(2)10(3)19-20(4)15(13)22/h8H,5-7H2,1-4H3,(H,17,18,21). The Morgan fingerprint density at radius 3 is 2.87 bits per heavy atom. The number of hydrogen-bond acceptors (Lipinski definition) is 5. The lowest BCUT2D eigenvalue weighted by Gasteiger charge is -2.15. The topological polar surface area (TPSA) is 76.9 Å². The third-order valence-corrected chi connectivity index (χ3v) is 5.39. The molecule has 0 saturated heterocycles. The number of nitrogens with zero attached hydrogens (tertiary/aromatic N) is 3. The number of carbonyl (C=O) groups excluding carboxylic acids is 1. The zero-order valence-corrected chi connectivity index (χ0v) is 14.6. The average molecular weight is 332 g/mol. The highest BCUT2D eigenvalue weighted by atomic mass is 32.1. The first-order valence-corrected chi connectivity index (χ1v) is 8.53. The molecule has 1 N–H and O–H groups in total. The Balaban J connectivity index is 1.90. The zero-order valence-electron chi connectivity index (χ0n) is 13.8. The van der Waals surface area contributed by atoms with Crippen molar-refractivity contribution in [3.63, 3.8) is 0 Å². The van der Waals surface area contributed by atoms with Crippen molar-refractivity contribution in [3.8, 4) is 0 Å². The van der Waals surface area contributed by atoms with Gasteiger partial charge in [0.2, 0.25) is 0 Å². The van der Waals surface area contributed by atoms with Gasteiger partial charge in [-0.25, -0.2) is 9.67 Å². The quantitative estimate of drug-likeness (QED) is 0.915. The molecular weight excluding hydrogens is 312 g/mol. The van der Waals surface area contributed by atoms with Crippen LogP contribution in [0.4, 0.5) is 5.13 Å². The van der Waals surface area contributed by atoms with E-state index in [9.17, 15) is 9.59 Å². The van der Waals surface area contributed by atoms with Crippen LogP contribution in [0.15, 0.2) is 4.79 Å². The first-order chi connectivity index (χ1) is 10.9. The summed E-state index contributed by atoms with van der Waals surface area (Å²) >= 11 is 1.51. The Morgan fingerprint density at radius 2 is 2.13 bits per heavy atom. The van der Waals surface area contributed by atoms with Crippen molar-refractivity contribution in [1.82, 2.24) is 14.8 Å². The number of aryl methyl sites for hydroxylation is 3. The molecule has 0 saturated carbocycles. The molecule has 0 fully saturated rings. The van der Waals surface area contributed by atoms with Crippen molar-refractivity contribution in [2.24, 2.45) is 13.0 Å². The van der Waals surface area contributed by atoms with Gasteiger partial charge in [-0.05, 0) is 44.6 Å². The molecule has 2 aromatic heterocycles. The van der Waals surface area contributed by atoms with Crippen LogP contribution < -0.4 is 10.9 Å². The van der Waals surface area contributed by atoms with E-state index in [0.29, 0.717) is 22.3 Å². The van der Waals surface area contributed by atoms with E-state index in [-0.39, 0.29) is 11.1 Å². The van der Waals surface area contributed by atoms with Crippen LogP contribution >= 0.6 is 11.3 Å². The molecule has 0 aromatic carbocycles. The summed E-state index contributed by atoms with van der Waals surface area (Å²) in [5.41, 5.74) is 2.12. The molecule has 1 aliphatic rings. The van der Waals surface area contributed by atoms with E-state index in [1.807, 2.05) is 0 Å². The maximum absolute atomic E-state index is 12.6. The van der Waals surface area contributed by atoms with Crippen molar-refractivity contribution >= 4 is 22.4 Å². The third-order valence-electron chi connectivity index (χ3n) is 4.36. The fourth-order valence-corrected chi connectivity index (χ4v) is 4.04. The molecule has 0 radical (unpaired) electrons. The number of fused-ring (bicyclic) bond motifs is 1. The van der Waals surface area contributed by atoms with E-state index < -0.39 is 5.91 Å². The molecule has 3 rings (SSSR count). The smallest absolute Gasteiger partial charge is 0.279 e. The molecule has 122 valence electrons. The summed E-state index contributed by atoms with van der Waals surface area (Å²) in [5, 5.41) is 7.46. The van der Waals surface area contributed by atoms with Crippen LogP contribution in [0, 0.1) is 19.8 Å². The fraction of sp³-hybridized carbons (Fsp3) is 0.500. The Bertz CT molecular complexity index is 837. The number of rotatable bonds is 2. The van der Waals surface area contributed by atoms with Gasteiger partial charge in [0.25, 0.3) is 11.5 Å². The number of amides is 1. The van der Waals surface area contributed by atoms with Crippen molar-refractivity contribution in [1.29, 1.82) is 0 Å². The lowest BCUT2D eigenvalue weighted by Crippen LogP contribution is -2.31. The molecule has 6 nitrogen and oxygen atoms in total. The molecule has 2 aromatic rings. The highest BCUT2D eigenvalue weighted by Gasteiger charge is 2.23. The number of thiazole rings is 1. The molecule has 0 aliphatic heterocycles. The second kappa shape index (κ2) is 5.88. The largest absolute Gasteiger partial charge is 0.298 e. The molecule has 1 aliphatic carbocycles. The molecule has 0 bridgehead atoms. The first kappa shape index (κ1) is 15.9. The van der Waals surface area contributed by atoms with Crippen molar-refractivity contribution in [3.05, 3.63) is 37.7 Å². The number of hydrogen-bond donors (Lipinski definition) is 1. The van der Waals surface area contributed by atoms with E-state index in [0.717, 1.165) is 25.0 Å². The normalized spacial score (nSPS) is 17.0. The van der Waals surface area contributed by atoms with Gasteiger partial charge >= 0.3 is 0 Å². The monoisotopic (exact) mass is 332 g/mol. The minimum absolute atomic E-state index is 0.140. The van der Waals surface area contributed by atoms with Crippen LogP contribution in [0.25, 0.3) is 0 Å². The highest BCUT2D eigenvalue weighted by Crippen LogP contribution is 2.32. The molecule has 1 atom stereocenters. The maximum Gasteiger partial charge on any atom is 0.279 e. The predicted octanol–water partition coefficient (Wildman–Crippen LogP) is 2.23. The van der Waals surface area contributed by atoms with E-state index in [1.165, 1.54) is 20.9 Å². The summed E-state index contributed by atoms with van der Waals surface area (Å²) in [6, 6.07) is 0. The summed E-state index contributed by atoms with van der Waals surface area (Å²) in [4.78, 5) is 30.5. The summed E-state index contributed by atoms with van der Waals surface area (Å²) in [6.45, 7) is 5.76. The lowest BCUT2D eigenvalue weighted by molar-refractivity contribution is 0.102. The van der Waals surface area contributed by atoms with Crippen molar-refractivity contribution < 1.29 is 4.79 Å². The van der Waals surface area contributed by atoms with Gasteiger partial charge in [0.1, 0.15) is 5.56 Å². The van der Waals surface area contributed by atoms with Crippen LogP contribution in [0.3, 0.4) is 0 Å². The minimum atomic E-state index is -0.409. The van der Waals surface area contributed by atoms with Crippen molar-refractivity contribution in [2.75, 3.05) is 5.32 Å². The van der Waals surface area contributed by atoms with Gasteiger partial charge in [-0.1, -0.05) is 6.92 Å². The molecular formula is C16H20N4O2S. The highest BCUT2D eigenvalue weighted by molar-refractivity contribution is 7.15. The van der Waals surface area contributed by atoms with Gasteiger partial charge in [-0.15, -0.1) is 11.3 Å². The number of carbonyl (C=O) groups is 1. The van der Waals surface area contributed by atoms with E-state index in [4.69, 9.17) is 0 Å². The number of nitrogens with one attached hydrogen (secondary N) is 1. The summed E-state index contributed by atoms with van der Waals surface area (Å²) in [7, 11) is 1.55. The molecule has 1 unspecified atom stereocenters. The zero-order chi connectivity index (χ0) is 16.7. The maximum atomic E-state index is 12.6. The van der Waals surface area contributed by atoms with Crippen LogP contribution in [0.1, 0.15) is 45.5 Å². The van der Waals surface area contributed by atoms with Gasteiger partial charge in [0.15, 0.2) is 5.13 Å². The molecule has 0 spiro atoms. The van der Waals surface area contributed by atoms with Gasteiger partial charge in [0, 0.05) is 11.9 Å². The van der Waals surface area contributed by atoms with Crippen LogP contribution in [0.2, 0.25) is 0 Å². The van der Waals surface area contributed by atoms with Crippen molar-refractivity contribution in [2.45, 2.75) is 40.0 Å². The number of aromatic nitrogens is 3. The molecule has 1 amide bonds. The van der Waals surface area contributed by atoms with Crippen LogP contribution in [-0.4, -0.2) is 20.7 Å². The Kier molecular flexibility index (Phi) is 4.06. The van der Waals surface area contributed by atoms with Gasteiger partial charge in [-0.3, -0.25) is 14.9 Å². The Morgan fingerprint density at radius 1 is 1.39 bits per heavy atom. The Labute approximate surface area is 138 Å². The Hall–Kier alpha value is -2.02. The summed E-state index contributed by atoms with van der Waals surface area (Å²) in [6.07, 6.45) is 3.10. The summed E-state index contributed by atoms with van der Waals surface area (Å²) < 4.78 is 1.20. The summed E-state index contributed by atoms with van der Waals surface area (Å²) in [5.74, 6) is 0.247. The minimum Gasteiger partial charge on any atom is -0.298 e. The molecule has 23 heavy (non-hydrogen) atoms. The number of anilines is 1. The fourth-order valence-electron chi connectivity index (χ4n) is 2.87. The second-order valence-electron chi connectivity index (χ2n) is 6.21. The van der Waals surface area contributed by atoms with Crippen LogP contribution in [0.5, 0.6) is 0 Å². The second-order valence-corrected chi connectivity index (χ2v) is 7.29. The molecule has 2 heterocycles. The van der Waals surface area contributed by atoms with Gasteiger partial charge in [0.05, 0.1) is 11.4 Å². The van der Waals surface area contributed by atoms with E-state index in [1.54, 1.807) is 20.9 Å². The average Bonchev–Trinajstić information content (AvgIpc) is 2.86. The predicted molar refractivity (Wildman–Crippen MR) is 90.2 cm³/mol.